The van der Waals surface area contributed by atoms with E-state index in [0.717, 1.165) is 29.3 Å². The van der Waals surface area contributed by atoms with Gasteiger partial charge in [-0.2, -0.15) is 13.9 Å². The van der Waals surface area contributed by atoms with E-state index in [2.05, 4.69) is 25.5 Å². The predicted molar refractivity (Wildman–Crippen MR) is 83.6 cm³/mol. The number of aryl methyl sites for hydroxylation is 1. The molecule has 0 fully saturated rings. The molecule has 1 aromatic carbocycles. The van der Waals surface area contributed by atoms with Gasteiger partial charge in [0.25, 0.3) is 5.92 Å². The molecule has 23 heavy (non-hydrogen) atoms. The Bertz CT molecular complexity index is 810. The van der Waals surface area contributed by atoms with Crippen LogP contribution in [0.4, 0.5) is 20.4 Å². The number of alkyl halides is 2. The summed E-state index contributed by atoms with van der Waals surface area (Å²) < 4.78 is 26.7. The molecule has 0 saturated heterocycles. The second kappa shape index (κ2) is 5.75. The smallest absolute Gasteiger partial charge is 0.287 e. The van der Waals surface area contributed by atoms with Crippen LogP contribution < -0.4 is 5.32 Å². The highest BCUT2D eigenvalue weighted by Gasteiger charge is 2.26. The third-order valence-electron chi connectivity index (χ3n) is 3.27. The molecule has 5 nitrogen and oxygen atoms in total. The van der Waals surface area contributed by atoms with Crippen LogP contribution in [0.15, 0.2) is 42.9 Å². The van der Waals surface area contributed by atoms with E-state index in [4.69, 9.17) is 0 Å². The Balaban J connectivity index is 1.92. The summed E-state index contributed by atoms with van der Waals surface area (Å²) in [5.41, 5.74) is 3.31. The van der Waals surface area contributed by atoms with E-state index in [1.165, 1.54) is 12.3 Å². The molecule has 3 rings (SSSR count). The highest BCUT2D eigenvalue weighted by Crippen LogP contribution is 2.27. The van der Waals surface area contributed by atoms with Crippen molar-refractivity contribution in [3.05, 3.63) is 54.1 Å². The van der Waals surface area contributed by atoms with Gasteiger partial charge in [-0.1, -0.05) is 6.07 Å². The van der Waals surface area contributed by atoms with Gasteiger partial charge in [-0.05, 0) is 36.2 Å². The van der Waals surface area contributed by atoms with Gasteiger partial charge < -0.3 is 5.32 Å². The summed E-state index contributed by atoms with van der Waals surface area (Å²) >= 11 is 0. The van der Waals surface area contributed by atoms with E-state index in [0.29, 0.717) is 0 Å². The lowest BCUT2D eigenvalue weighted by molar-refractivity contribution is 0.0128. The maximum atomic E-state index is 13.4. The number of hydrogen-bond donors (Lipinski definition) is 2. The van der Waals surface area contributed by atoms with E-state index in [1.54, 1.807) is 12.4 Å². The molecule has 0 spiro atoms. The Kier molecular flexibility index (Phi) is 3.77. The van der Waals surface area contributed by atoms with Crippen molar-refractivity contribution in [2.75, 3.05) is 5.32 Å². The van der Waals surface area contributed by atoms with Gasteiger partial charge in [0, 0.05) is 30.6 Å². The van der Waals surface area contributed by atoms with Gasteiger partial charge in [0.05, 0.1) is 6.20 Å². The minimum atomic E-state index is -3.01. The molecule has 0 aliphatic heterocycles. The van der Waals surface area contributed by atoms with Gasteiger partial charge in [0.15, 0.2) is 0 Å². The standard InChI is InChI=1S/C16H15F2N5/c1-10-5-11(12-8-20-21-9-12)7-13(6-10)22-15-19-4-3-14(23-15)16(2,17)18/h3-9H,1-2H3,(H,20,21)(H,19,22,23). The maximum Gasteiger partial charge on any atom is 0.287 e. The largest absolute Gasteiger partial charge is 0.324 e. The number of aromatic nitrogens is 4. The van der Waals surface area contributed by atoms with Gasteiger partial charge in [-0.15, -0.1) is 0 Å². The summed E-state index contributed by atoms with van der Waals surface area (Å²) in [6.07, 6.45) is 4.81. The van der Waals surface area contributed by atoms with Gasteiger partial charge in [-0.25, -0.2) is 9.97 Å². The molecule has 2 heterocycles. The number of aromatic amines is 1. The van der Waals surface area contributed by atoms with Crippen LogP contribution >= 0.6 is 0 Å². The van der Waals surface area contributed by atoms with Crippen molar-refractivity contribution in [1.29, 1.82) is 0 Å². The lowest BCUT2D eigenvalue weighted by Gasteiger charge is -2.12. The van der Waals surface area contributed by atoms with Crippen LogP contribution in [0.25, 0.3) is 11.1 Å². The van der Waals surface area contributed by atoms with E-state index < -0.39 is 5.92 Å². The topological polar surface area (TPSA) is 66.5 Å². The lowest BCUT2D eigenvalue weighted by atomic mass is 10.1. The Morgan fingerprint density at radius 3 is 2.70 bits per heavy atom. The number of rotatable bonds is 4. The first kappa shape index (κ1) is 15.1. The van der Waals surface area contributed by atoms with Gasteiger partial charge in [-0.3, -0.25) is 5.10 Å². The SMILES string of the molecule is Cc1cc(Nc2nccc(C(C)(F)F)n2)cc(-c2cn[nH]c2)c1. The first-order valence-electron chi connectivity index (χ1n) is 7.01. The zero-order chi connectivity index (χ0) is 16.4. The number of benzene rings is 1. The molecule has 0 aliphatic carbocycles. The molecule has 0 radical (unpaired) electrons. The highest BCUT2D eigenvalue weighted by atomic mass is 19.3. The molecule has 3 aromatic rings. The highest BCUT2D eigenvalue weighted by molar-refractivity contribution is 5.69. The fourth-order valence-electron chi connectivity index (χ4n) is 2.22. The van der Waals surface area contributed by atoms with E-state index >= 15 is 0 Å². The number of nitrogens with zero attached hydrogens (tertiary/aromatic N) is 3. The number of hydrogen-bond acceptors (Lipinski definition) is 4. The van der Waals surface area contributed by atoms with Crippen LogP contribution in [0.2, 0.25) is 0 Å². The fraction of sp³-hybridized carbons (Fsp3) is 0.188. The Morgan fingerprint density at radius 2 is 2.00 bits per heavy atom. The molecule has 0 aliphatic rings. The molecule has 0 atom stereocenters. The number of nitrogens with one attached hydrogen (secondary N) is 2. The Hall–Kier alpha value is -2.83. The predicted octanol–water partition coefficient (Wildman–Crippen LogP) is 4.03. The quantitative estimate of drug-likeness (QED) is 0.763. The summed E-state index contributed by atoms with van der Waals surface area (Å²) in [5, 5.41) is 9.66. The number of anilines is 2. The molecule has 2 aromatic heterocycles. The molecule has 0 saturated carbocycles. The van der Waals surface area contributed by atoms with Crippen LogP contribution in [0.5, 0.6) is 0 Å². The Morgan fingerprint density at radius 1 is 1.17 bits per heavy atom. The molecule has 0 amide bonds. The minimum absolute atomic E-state index is 0.132. The van der Waals surface area contributed by atoms with Crippen molar-refractivity contribution in [3.63, 3.8) is 0 Å². The second-order valence-corrected chi connectivity index (χ2v) is 5.35. The summed E-state index contributed by atoms with van der Waals surface area (Å²) in [6, 6.07) is 6.99. The molecular formula is C16H15F2N5. The van der Waals surface area contributed by atoms with Gasteiger partial charge in [0.2, 0.25) is 5.95 Å². The van der Waals surface area contributed by atoms with Crippen molar-refractivity contribution in [3.8, 4) is 11.1 Å². The van der Waals surface area contributed by atoms with Crippen molar-refractivity contribution in [1.82, 2.24) is 20.2 Å². The van der Waals surface area contributed by atoms with Crippen molar-refractivity contribution in [2.24, 2.45) is 0 Å². The van der Waals surface area contributed by atoms with Gasteiger partial charge >= 0.3 is 0 Å². The second-order valence-electron chi connectivity index (χ2n) is 5.35. The van der Waals surface area contributed by atoms with Crippen LogP contribution in [0, 0.1) is 6.92 Å². The normalized spacial score (nSPS) is 11.5. The van der Waals surface area contributed by atoms with E-state index in [-0.39, 0.29) is 11.6 Å². The molecule has 0 unspecified atom stereocenters. The number of halogens is 2. The summed E-state index contributed by atoms with van der Waals surface area (Å²) in [6.45, 7) is 2.76. The van der Waals surface area contributed by atoms with Crippen molar-refractivity contribution >= 4 is 11.6 Å². The molecule has 118 valence electrons. The average Bonchev–Trinajstić information content (AvgIpc) is 3.00. The number of H-pyrrole nitrogens is 1. The zero-order valence-electron chi connectivity index (χ0n) is 12.6. The van der Waals surface area contributed by atoms with Gasteiger partial charge in [0.1, 0.15) is 5.69 Å². The first-order valence-corrected chi connectivity index (χ1v) is 7.01. The molecule has 7 heteroatoms. The van der Waals surface area contributed by atoms with Crippen molar-refractivity contribution in [2.45, 2.75) is 19.8 Å². The molecule has 0 bridgehead atoms. The van der Waals surface area contributed by atoms with Crippen LogP contribution in [-0.4, -0.2) is 20.2 Å². The monoisotopic (exact) mass is 315 g/mol. The van der Waals surface area contributed by atoms with Crippen LogP contribution in [-0.2, 0) is 5.92 Å². The average molecular weight is 315 g/mol. The van der Waals surface area contributed by atoms with E-state index in [9.17, 15) is 8.78 Å². The molecule has 2 N–H and O–H groups in total. The maximum absolute atomic E-state index is 13.4. The van der Waals surface area contributed by atoms with Crippen LogP contribution in [0.3, 0.4) is 0 Å². The third-order valence-corrected chi connectivity index (χ3v) is 3.27. The molecular weight excluding hydrogens is 300 g/mol. The summed E-state index contributed by atoms with van der Waals surface area (Å²) in [5.74, 6) is -2.87. The van der Waals surface area contributed by atoms with Crippen LogP contribution in [0.1, 0.15) is 18.2 Å². The minimum Gasteiger partial charge on any atom is -0.324 e. The summed E-state index contributed by atoms with van der Waals surface area (Å²) in [4.78, 5) is 7.87. The summed E-state index contributed by atoms with van der Waals surface area (Å²) in [7, 11) is 0. The van der Waals surface area contributed by atoms with E-state index in [1.807, 2.05) is 25.1 Å². The fourth-order valence-corrected chi connectivity index (χ4v) is 2.22. The Labute approximate surface area is 131 Å². The zero-order valence-corrected chi connectivity index (χ0v) is 12.6. The lowest BCUT2D eigenvalue weighted by Crippen LogP contribution is -2.11. The van der Waals surface area contributed by atoms with Crippen molar-refractivity contribution < 1.29 is 8.78 Å². The third kappa shape index (κ3) is 3.50. The first-order chi connectivity index (χ1) is 10.9.